The van der Waals surface area contributed by atoms with Crippen LogP contribution < -0.4 is 11.1 Å². The number of rotatable bonds is 5. The van der Waals surface area contributed by atoms with Crippen LogP contribution in [0, 0.1) is 13.8 Å². The van der Waals surface area contributed by atoms with Gasteiger partial charge in [-0.05, 0) is 45.9 Å². The quantitative estimate of drug-likeness (QED) is 0.799. The van der Waals surface area contributed by atoms with Crippen LogP contribution in [0.5, 0.6) is 0 Å². The number of aryl methyl sites for hydroxylation is 2. The Bertz CT molecular complexity index is 894. The molecule has 1 saturated heterocycles. The number of hydrogen-bond acceptors (Lipinski definition) is 6. The van der Waals surface area contributed by atoms with E-state index in [2.05, 4.69) is 34.0 Å². The largest absolute Gasteiger partial charge is 0.368 e. The molecule has 8 nitrogen and oxygen atoms in total. The summed E-state index contributed by atoms with van der Waals surface area (Å²) in [5.74, 6) is 0.660. The molecule has 1 atom stereocenters. The summed E-state index contributed by atoms with van der Waals surface area (Å²) >= 11 is 0. The van der Waals surface area contributed by atoms with Crippen molar-refractivity contribution in [3.63, 3.8) is 0 Å². The maximum absolute atomic E-state index is 13.2. The number of primary amides is 1. The Balaban J connectivity index is 1.80. The summed E-state index contributed by atoms with van der Waals surface area (Å²) < 4.78 is 0. The number of benzene rings is 1. The van der Waals surface area contributed by atoms with Gasteiger partial charge in [0.15, 0.2) is 0 Å². The van der Waals surface area contributed by atoms with Crippen LogP contribution in [0.4, 0.5) is 11.5 Å². The van der Waals surface area contributed by atoms with Gasteiger partial charge in [-0.2, -0.15) is 0 Å². The number of anilines is 2. The monoisotopic (exact) mass is 396 g/mol. The van der Waals surface area contributed by atoms with Crippen molar-refractivity contribution in [1.82, 2.24) is 19.8 Å². The fraction of sp³-hybridized carbons (Fsp3) is 0.429. The third kappa shape index (κ3) is 4.89. The van der Waals surface area contributed by atoms with Crippen LogP contribution in [0.2, 0.25) is 0 Å². The molecule has 3 N–H and O–H groups in total. The van der Waals surface area contributed by atoms with Gasteiger partial charge in [0.25, 0.3) is 5.91 Å². The summed E-state index contributed by atoms with van der Waals surface area (Å²) in [4.78, 5) is 37.5. The highest BCUT2D eigenvalue weighted by molar-refractivity contribution is 5.98. The highest BCUT2D eigenvalue weighted by Gasteiger charge is 2.35. The normalized spacial score (nSPS) is 17.4. The summed E-state index contributed by atoms with van der Waals surface area (Å²) in [5, 5.41) is 3.22. The summed E-state index contributed by atoms with van der Waals surface area (Å²) in [7, 11) is 0. The molecule has 29 heavy (non-hydrogen) atoms. The first-order chi connectivity index (χ1) is 13.7. The number of hydrogen-bond donors (Lipinski definition) is 2. The molecule has 1 aliphatic heterocycles. The van der Waals surface area contributed by atoms with Crippen LogP contribution in [0.15, 0.2) is 30.3 Å². The number of amides is 2. The zero-order valence-electron chi connectivity index (χ0n) is 17.3. The number of carbonyl (C=O) groups is 2. The first kappa shape index (κ1) is 20.7. The maximum atomic E-state index is 13.2. The van der Waals surface area contributed by atoms with E-state index in [1.807, 2.05) is 26.0 Å². The molecule has 1 aliphatic rings. The number of nitrogens with zero attached hydrogens (tertiary/aromatic N) is 4. The average molecular weight is 396 g/mol. The standard InChI is InChI=1S/C21H28N6O2/c1-13(2)26-8-9-27(18(12-26)20(22)28)21(29)16-6-5-7-17(11-16)25-19-10-14(3)23-15(4)24-19/h5-7,10-11,13,18H,8-9,12H2,1-4H3,(H2,22,28)(H,23,24,25). The minimum absolute atomic E-state index is 0.198. The van der Waals surface area contributed by atoms with Crippen molar-refractivity contribution in [2.24, 2.45) is 5.73 Å². The molecule has 154 valence electrons. The highest BCUT2D eigenvalue weighted by Crippen LogP contribution is 2.20. The number of nitrogens with one attached hydrogen (secondary N) is 1. The molecule has 1 unspecified atom stereocenters. The zero-order chi connectivity index (χ0) is 21.1. The number of nitrogens with two attached hydrogens (primary N) is 1. The lowest BCUT2D eigenvalue weighted by Crippen LogP contribution is -2.60. The van der Waals surface area contributed by atoms with Crippen LogP contribution in [-0.4, -0.2) is 63.3 Å². The lowest BCUT2D eigenvalue weighted by molar-refractivity contribution is -0.124. The van der Waals surface area contributed by atoms with Crippen molar-refractivity contribution in [3.05, 3.63) is 47.4 Å². The van der Waals surface area contributed by atoms with Crippen LogP contribution in [-0.2, 0) is 4.79 Å². The van der Waals surface area contributed by atoms with E-state index in [1.54, 1.807) is 23.1 Å². The zero-order valence-corrected chi connectivity index (χ0v) is 17.3. The van der Waals surface area contributed by atoms with Gasteiger partial charge in [-0.1, -0.05) is 6.07 Å². The third-order valence-electron chi connectivity index (χ3n) is 5.08. The van der Waals surface area contributed by atoms with E-state index in [0.717, 1.165) is 11.4 Å². The highest BCUT2D eigenvalue weighted by atomic mass is 16.2. The van der Waals surface area contributed by atoms with E-state index in [4.69, 9.17) is 5.73 Å². The van der Waals surface area contributed by atoms with E-state index in [9.17, 15) is 9.59 Å². The van der Waals surface area contributed by atoms with Crippen molar-refractivity contribution in [3.8, 4) is 0 Å². The summed E-state index contributed by atoms with van der Waals surface area (Å²) in [5.41, 5.74) is 7.71. The number of piperazine rings is 1. The summed E-state index contributed by atoms with van der Waals surface area (Å²) in [6.45, 7) is 9.51. The molecule has 1 fully saturated rings. The van der Waals surface area contributed by atoms with Gasteiger partial charge >= 0.3 is 0 Å². The van der Waals surface area contributed by atoms with Gasteiger partial charge in [0.1, 0.15) is 17.7 Å². The van der Waals surface area contributed by atoms with Gasteiger partial charge in [-0.15, -0.1) is 0 Å². The maximum Gasteiger partial charge on any atom is 0.254 e. The molecule has 2 amide bonds. The Kier molecular flexibility index (Phi) is 6.12. The molecular weight excluding hydrogens is 368 g/mol. The SMILES string of the molecule is Cc1cc(Nc2cccc(C(=O)N3CCN(C(C)C)CC3C(N)=O)c2)nc(C)n1. The molecule has 0 spiro atoms. The van der Waals surface area contributed by atoms with E-state index in [-0.39, 0.29) is 5.91 Å². The molecule has 0 radical (unpaired) electrons. The smallest absolute Gasteiger partial charge is 0.254 e. The van der Waals surface area contributed by atoms with Gasteiger partial charge < -0.3 is 16.0 Å². The molecule has 3 rings (SSSR count). The Labute approximate surface area is 171 Å². The van der Waals surface area contributed by atoms with Gasteiger partial charge in [0, 0.05) is 48.7 Å². The molecule has 0 saturated carbocycles. The number of carbonyl (C=O) groups excluding carboxylic acids is 2. The predicted molar refractivity (Wildman–Crippen MR) is 112 cm³/mol. The van der Waals surface area contributed by atoms with Crippen LogP contribution in [0.3, 0.4) is 0 Å². The third-order valence-corrected chi connectivity index (χ3v) is 5.08. The van der Waals surface area contributed by atoms with Gasteiger partial charge in [0.2, 0.25) is 5.91 Å². The van der Waals surface area contributed by atoms with E-state index < -0.39 is 11.9 Å². The second-order valence-electron chi connectivity index (χ2n) is 7.65. The molecule has 8 heteroatoms. The van der Waals surface area contributed by atoms with Crippen molar-refractivity contribution in [1.29, 1.82) is 0 Å². The van der Waals surface area contributed by atoms with Crippen molar-refractivity contribution in [2.75, 3.05) is 25.0 Å². The molecule has 2 aromatic rings. The fourth-order valence-corrected chi connectivity index (χ4v) is 3.58. The molecule has 1 aromatic heterocycles. The van der Waals surface area contributed by atoms with Crippen LogP contribution in [0.1, 0.15) is 35.7 Å². The molecule has 1 aromatic carbocycles. The Morgan fingerprint density at radius 1 is 1.17 bits per heavy atom. The topological polar surface area (TPSA) is 104 Å². The van der Waals surface area contributed by atoms with Crippen molar-refractivity contribution in [2.45, 2.75) is 39.8 Å². The van der Waals surface area contributed by atoms with E-state index in [0.29, 0.717) is 42.9 Å². The Hall–Kier alpha value is -3.00. The van der Waals surface area contributed by atoms with Crippen LogP contribution in [0.25, 0.3) is 0 Å². The summed E-state index contributed by atoms with van der Waals surface area (Å²) in [6.07, 6.45) is 0. The predicted octanol–water partition coefficient (Wildman–Crippen LogP) is 1.86. The molecular formula is C21H28N6O2. The molecule has 0 aliphatic carbocycles. The molecule has 2 heterocycles. The second kappa shape index (κ2) is 8.57. The van der Waals surface area contributed by atoms with Gasteiger partial charge in [0.05, 0.1) is 0 Å². The minimum Gasteiger partial charge on any atom is -0.368 e. The fourth-order valence-electron chi connectivity index (χ4n) is 3.58. The Morgan fingerprint density at radius 2 is 1.93 bits per heavy atom. The Morgan fingerprint density at radius 3 is 2.59 bits per heavy atom. The van der Waals surface area contributed by atoms with E-state index >= 15 is 0 Å². The lowest BCUT2D eigenvalue weighted by Gasteiger charge is -2.41. The van der Waals surface area contributed by atoms with Gasteiger partial charge in [-0.3, -0.25) is 14.5 Å². The first-order valence-electron chi connectivity index (χ1n) is 9.78. The molecule has 0 bridgehead atoms. The van der Waals surface area contributed by atoms with E-state index in [1.165, 1.54) is 0 Å². The van der Waals surface area contributed by atoms with Crippen molar-refractivity contribution >= 4 is 23.3 Å². The number of aromatic nitrogens is 2. The van der Waals surface area contributed by atoms with Crippen LogP contribution >= 0.6 is 0 Å². The second-order valence-corrected chi connectivity index (χ2v) is 7.65. The van der Waals surface area contributed by atoms with Crippen molar-refractivity contribution < 1.29 is 9.59 Å². The lowest BCUT2D eigenvalue weighted by atomic mass is 10.1. The minimum atomic E-state index is -0.637. The van der Waals surface area contributed by atoms with Gasteiger partial charge in [-0.25, -0.2) is 9.97 Å². The summed E-state index contributed by atoms with van der Waals surface area (Å²) in [6, 6.07) is 8.68. The average Bonchev–Trinajstić information content (AvgIpc) is 2.66. The first-order valence-corrected chi connectivity index (χ1v) is 9.78.